The van der Waals surface area contributed by atoms with Crippen molar-refractivity contribution < 1.29 is 27.6 Å². The highest BCUT2D eigenvalue weighted by Gasteiger charge is 2.37. The molecule has 0 saturated carbocycles. The fourth-order valence-electron chi connectivity index (χ4n) is 4.20. The van der Waals surface area contributed by atoms with Gasteiger partial charge in [0.05, 0.1) is 25.6 Å². The standard InChI is InChI=1S/C27H18BrClF3N5O3S/c28-21-11-19-23(41-21)26(40)37(20(25(39)35-19)10-16-3-1-2-8-33-16)13-14-4-6-17(18(29)9-14)24(38)36-22-7-5-15(12-34-22)27(30,31)32/h1-9,11-12,20H,10,13H2,(H,35,39)(H,34,36,38)/t20-/m1/s1. The Morgan fingerprint density at radius 1 is 1.12 bits per heavy atom. The molecule has 0 unspecified atom stereocenters. The number of nitrogens with zero attached hydrogens (tertiary/aromatic N) is 3. The number of hydrogen-bond acceptors (Lipinski definition) is 6. The van der Waals surface area contributed by atoms with Crippen LogP contribution in [0.1, 0.15) is 36.9 Å². The van der Waals surface area contributed by atoms with Gasteiger partial charge in [-0.2, -0.15) is 13.2 Å². The van der Waals surface area contributed by atoms with E-state index in [2.05, 4.69) is 36.5 Å². The van der Waals surface area contributed by atoms with E-state index in [1.54, 1.807) is 36.5 Å². The summed E-state index contributed by atoms with van der Waals surface area (Å²) in [7, 11) is 0. The summed E-state index contributed by atoms with van der Waals surface area (Å²) in [6.07, 6.45) is -2.16. The van der Waals surface area contributed by atoms with Crippen LogP contribution in [0.4, 0.5) is 24.7 Å². The van der Waals surface area contributed by atoms with Gasteiger partial charge < -0.3 is 15.5 Å². The summed E-state index contributed by atoms with van der Waals surface area (Å²) in [6.45, 7) is 0.000785. The van der Waals surface area contributed by atoms with E-state index in [4.69, 9.17) is 11.6 Å². The summed E-state index contributed by atoms with van der Waals surface area (Å²) in [5.74, 6) is -1.50. The fourth-order valence-corrected chi connectivity index (χ4v) is 6.00. The maximum atomic E-state index is 13.7. The summed E-state index contributed by atoms with van der Waals surface area (Å²) < 4.78 is 39.0. The van der Waals surface area contributed by atoms with Gasteiger partial charge in [0, 0.05) is 31.1 Å². The Bertz CT molecular complexity index is 1630. The monoisotopic (exact) mass is 663 g/mol. The smallest absolute Gasteiger partial charge is 0.323 e. The van der Waals surface area contributed by atoms with Gasteiger partial charge in [0.1, 0.15) is 16.7 Å². The molecule has 0 bridgehead atoms. The molecule has 1 atom stereocenters. The Labute approximate surface area is 248 Å². The van der Waals surface area contributed by atoms with E-state index in [0.717, 1.165) is 12.1 Å². The van der Waals surface area contributed by atoms with Crippen LogP contribution in [0.3, 0.4) is 0 Å². The molecule has 4 heterocycles. The van der Waals surface area contributed by atoms with Gasteiger partial charge in [-0.05, 0) is 64.0 Å². The van der Waals surface area contributed by atoms with Gasteiger partial charge in [-0.15, -0.1) is 11.3 Å². The number of rotatable bonds is 6. The normalized spacial score (nSPS) is 15.2. The number of hydrogen-bond donors (Lipinski definition) is 2. The van der Waals surface area contributed by atoms with Crippen molar-refractivity contribution >= 4 is 68.1 Å². The number of carbonyl (C=O) groups is 3. The van der Waals surface area contributed by atoms with E-state index in [9.17, 15) is 27.6 Å². The van der Waals surface area contributed by atoms with E-state index in [1.807, 2.05) is 0 Å². The number of alkyl halides is 3. The summed E-state index contributed by atoms with van der Waals surface area (Å²) in [6, 6.07) is 12.5. The molecule has 1 aliphatic rings. The molecule has 0 saturated heterocycles. The summed E-state index contributed by atoms with van der Waals surface area (Å²) in [5.41, 5.74) is 0.682. The lowest BCUT2D eigenvalue weighted by Crippen LogP contribution is -2.46. The summed E-state index contributed by atoms with van der Waals surface area (Å²) >= 11 is 11.0. The molecular weight excluding hydrogens is 647 g/mol. The van der Waals surface area contributed by atoms with E-state index in [-0.39, 0.29) is 41.2 Å². The fraction of sp³-hybridized carbons (Fsp3) is 0.148. The largest absolute Gasteiger partial charge is 0.417 e. The van der Waals surface area contributed by atoms with Crippen molar-refractivity contribution in [3.05, 3.63) is 103 Å². The molecule has 2 N–H and O–H groups in total. The molecule has 3 aromatic heterocycles. The molecule has 0 aliphatic carbocycles. The average Bonchev–Trinajstić information content (AvgIpc) is 3.26. The number of amides is 3. The number of pyridine rings is 2. The lowest BCUT2D eigenvalue weighted by Gasteiger charge is -2.28. The minimum absolute atomic E-state index is 0.000785. The van der Waals surface area contributed by atoms with E-state index in [1.165, 1.54) is 28.4 Å². The lowest BCUT2D eigenvalue weighted by atomic mass is 10.1. The number of nitrogens with one attached hydrogen (secondary N) is 2. The maximum absolute atomic E-state index is 13.7. The van der Waals surface area contributed by atoms with E-state index < -0.39 is 23.7 Å². The van der Waals surface area contributed by atoms with Gasteiger partial charge in [0.15, 0.2) is 0 Å². The number of carbonyl (C=O) groups excluding carboxylic acids is 3. The first-order chi connectivity index (χ1) is 19.5. The van der Waals surface area contributed by atoms with Crippen LogP contribution >= 0.6 is 38.9 Å². The third-order valence-electron chi connectivity index (χ3n) is 6.19. The van der Waals surface area contributed by atoms with Crippen molar-refractivity contribution in [2.24, 2.45) is 0 Å². The highest BCUT2D eigenvalue weighted by molar-refractivity contribution is 9.11. The van der Waals surface area contributed by atoms with Crippen molar-refractivity contribution in [3.63, 3.8) is 0 Å². The molecule has 210 valence electrons. The first-order valence-corrected chi connectivity index (χ1v) is 13.9. The summed E-state index contributed by atoms with van der Waals surface area (Å²) in [5, 5.41) is 5.29. The number of anilines is 2. The molecule has 5 rings (SSSR count). The van der Waals surface area contributed by atoms with Crippen molar-refractivity contribution in [1.82, 2.24) is 14.9 Å². The van der Waals surface area contributed by atoms with E-state index in [0.29, 0.717) is 31.8 Å². The Balaban J connectivity index is 1.39. The van der Waals surface area contributed by atoms with Gasteiger partial charge in [0.2, 0.25) is 5.91 Å². The van der Waals surface area contributed by atoms with Crippen LogP contribution in [0.2, 0.25) is 5.02 Å². The number of benzene rings is 1. The van der Waals surface area contributed by atoms with Crippen LogP contribution in [0.15, 0.2) is 70.8 Å². The predicted molar refractivity (Wildman–Crippen MR) is 151 cm³/mol. The Hall–Kier alpha value is -3.81. The molecule has 3 amide bonds. The highest BCUT2D eigenvalue weighted by atomic mass is 79.9. The number of fused-ring (bicyclic) bond motifs is 1. The minimum Gasteiger partial charge on any atom is -0.323 e. The maximum Gasteiger partial charge on any atom is 0.417 e. The van der Waals surface area contributed by atoms with Crippen LogP contribution in [0.5, 0.6) is 0 Å². The van der Waals surface area contributed by atoms with Crippen molar-refractivity contribution in [1.29, 1.82) is 0 Å². The zero-order chi connectivity index (χ0) is 29.3. The third kappa shape index (κ3) is 6.42. The van der Waals surface area contributed by atoms with E-state index >= 15 is 0 Å². The second kappa shape index (κ2) is 11.6. The molecular formula is C27H18BrClF3N5O3S. The minimum atomic E-state index is -4.55. The average molecular weight is 665 g/mol. The molecule has 14 heteroatoms. The molecule has 0 spiro atoms. The third-order valence-corrected chi connectivity index (χ3v) is 8.12. The van der Waals surface area contributed by atoms with Gasteiger partial charge in [-0.25, -0.2) is 4.98 Å². The van der Waals surface area contributed by atoms with Gasteiger partial charge in [0.25, 0.3) is 11.8 Å². The van der Waals surface area contributed by atoms with Crippen molar-refractivity contribution in [3.8, 4) is 0 Å². The Morgan fingerprint density at radius 3 is 2.59 bits per heavy atom. The molecule has 41 heavy (non-hydrogen) atoms. The Morgan fingerprint density at radius 2 is 1.93 bits per heavy atom. The second-order valence-corrected chi connectivity index (χ2v) is 11.8. The molecule has 1 aliphatic heterocycles. The van der Waals surface area contributed by atoms with Crippen LogP contribution in [-0.4, -0.2) is 38.6 Å². The topological polar surface area (TPSA) is 104 Å². The van der Waals surface area contributed by atoms with Crippen LogP contribution in [-0.2, 0) is 23.9 Å². The highest BCUT2D eigenvalue weighted by Crippen LogP contribution is 2.36. The van der Waals surface area contributed by atoms with Gasteiger partial charge in [-0.1, -0.05) is 23.7 Å². The SMILES string of the molecule is O=C(Nc1ccc(C(F)(F)F)cn1)c1ccc(CN2C(=O)c3sc(Br)cc3NC(=O)[C@H]2Cc2ccccn2)cc1Cl. The van der Waals surface area contributed by atoms with Gasteiger partial charge >= 0.3 is 6.18 Å². The molecule has 0 radical (unpaired) electrons. The van der Waals surface area contributed by atoms with Crippen LogP contribution in [0, 0.1) is 0 Å². The van der Waals surface area contributed by atoms with Crippen LogP contribution < -0.4 is 10.6 Å². The molecule has 8 nitrogen and oxygen atoms in total. The Kier molecular flexibility index (Phi) is 8.11. The quantitative estimate of drug-likeness (QED) is 0.247. The summed E-state index contributed by atoms with van der Waals surface area (Å²) in [4.78, 5) is 49.5. The number of aromatic nitrogens is 2. The van der Waals surface area contributed by atoms with Crippen LogP contribution in [0.25, 0.3) is 0 Å². The predicted octanol–water partition coefficient (Wildman–Crippen LogP) is 6.43. The van der Waals surface area contributed by atoms with Crippen molar-refractivity contribution in [2.75, 3.05) is 10.6 Å². The zero-order valence-corrected chi connectivity index (χ0v) is 23.9. The van der Waals surface area contributed by atoms with Crippen molar-refractivity contribution in [2.45, 2.75) is 25.2 Å². The molecule has 0 fully saturated rings. The lowest BCUT2D eigenvalue weighted by molar-refractivity contribution is -0.137. The van der Waals surface area contributed by atoms with Gasteiger partial charge in [-0.3, -0.25) is 19.4 Å². The first kappa shape index (κ1) is 28.7. The first-order valence-electron chi connectivity index (χ1n) is 11.9. The molecule has 4 aromatic rings. The number of halogens is 5. The zero-order valence-electron chi connectivity index (χ0n) is 20.7. The number of thiophene rings is 1. The second-order valence-electron chi connectivity index (χ2n) is 8.95. The molecule has 1 aromatic carbocycles.